The Morgan fingerprint density at radius 3 is 2.67 bits per heavy atom. The second-order valence-electron chi connectivity index (χ2n) is 7.84. The van der Waals surface area contributed by atoms with Gasteiger partial charge in [-0.3, -0.25) is 14.4 Å². The monoisotopic (exact) mass is 406 g/mol. The van der Waals surface area contributed by atoms with Crippen LogP contribution in [0.3, 0.4) is 0 Å². The summed E-state index contributed by atoms with van der Waals surface area (Å²) in [7, 11) is 0. The third kappa shape index (κ3) is 4.84. The van der Waals surface area contributed by atoms with E-state index in [0.29, 0.717) is 30.2 Å². The average molecular weight is 406 g/mol. The van der Waals surface area contributed by atoms with Gasteiger partial charge in [-0.15, -0.1) is 0 Å². The molecule has 0 bridgehead atoms. The summed E-state index contributed by atoms with van der Waals surface area (Å²) in [5, 5.41) is 5.56. The van der Waals surface area contributed by atoms with E-state index >= 15 is 0 Å². The number of benzene rings is 1. The van der Waals surface area contributed by atoms with Crippen molar-refractivity contribution >= 4 is 29.1 Å². The van der Waals surface area contributed by atoms with Gasteiger partial charge in [-0.25, -0.2) is 4.98 Å². The number of hydrogen-bond acceptors (Lipinski definition) is 5. The number of hydrogen-bond donors (Lipinski definition) is 2. The zero-order valence-electron chi connectivity index (χ0n) is 16.9. The molecule has 1 saturated heterocycles. The number of fused-ring (bicyclic) bond motifs is 1. The van der Waals surface area contributed by atoms with Crippen LogP contribution in [0, 0.1) is 0 Å². The molecule has 2 amide bonds. The molecular weight excluding hydrogens is 380 g/mol. The van der Waals surface area contributed by atoms with E-state index < -0.39 is 0 Å². The van der Waals surface area contributed by atoms with Crippen molar-refractivity contribution in [2.75, 3.05) is 29.9 Å². The maximum absolute atomic E-state index is 12.5. The van der Waals surface area contributed by atoms with E-state index in [-0.39, 0.29) is 37.0 Å². The molecule has 0 unspecified atom stereocenters. The third-order valence-corrected chi connectivity index (χ3v) is 5.64. The standard InChI is InChI=1S/C23H26N4O3/c28-20(18-6-5-16-3-1-2-4-17(16)13-18)8-10-22(29)26-19-7-9-21(25-14-19)27-12-11-24-23(30)15-27/h5-7,9,13-14H,1-4,8,10-12,15H2,(H,24,30)(H,26,29). The predicted octanol–water partition coefficient (Wildman–Crippen LogP) is 2.50. The molecule has 2 heterocycles. The Morgan fingerprint density at radius 2 is 1.90 bits per heavy atom. The second-order valence-corrected chi connectivity index (χ2v) is 7.84. The first-order valence-corrected chi connectivity index (χ1v) is 10.5. The molecule has 2 aromatic rings. The van der Waals surface area contributed by atoms with Gasteiger partial charge in [-0.1, -0.05) is 12.1 Å². The first kappa shape index (κ1) is 20.1. The highest BCUT2D eigenvalue weighted by atomic mass is 16.2. The van der Waals surface area contributed by atoms with Gasteiger partial charge in [0, 0.05) is 31.5 Å². The molecule has 2 aliphatic rings. The largest absolute Gasteiger partial charge is 0.353 e. The smallest absolute Gasteiger partial charge is 0.239 e. The van der Waals surface area contributed by atoms with Gasteiger partial charge in [0.2, 0.25) is 11.8 Å². The van der Waals surface area contributed by atoms with E-state index in [1.807, 2.05) is 17.0 Å². The first-order valence-electron chi connectivity index (χ1n) is 10.5. The molecule has 0 atom stereocenters. The summed E-state index contributed by atoms with van der Waals surface area (Å²) in [6, 6.07) is 9.48. The zero-order chi connectivity index (χ0) is 20.9. The lowest BCUT2D eigenvalue weighted by Crippen LogP contribution is -2.48. The fourth-order valence-corrected chi connectivity index (χ4v) is 3.98. The Labute approximate surface area is 175 Å². The summed E-state index contributed by atoms with van der Waals surface area (Å²) in [6.45, 7) is 1.58. The van der Waals surface area contributed by atoms with Crippen molar-refractivity contribution in [1.29, 1.82) is 0 Å². The van der Waals surface area contributed by atoms with Crippen molar-refractivity contribution in [3.05, 3.63) is 53.2 Å². The molecule has 4 rings (SSSR count). The Kier molecular flexibility index (Phi) is 6.07. The van der Waals surface area contributed by atoms with Crippen LogP contribution in [0.4, 0.5) is 11.5 Å². The Morgan fingerprint density at radius 1 is 1.07 bits per heavy atom. The van der Waals surface area contributed by atoms with Crippen molar-refractivity contribution in [2.24, 2.45) is 0 Å². The number of piperazine rings is 1. The topological polar surface area (TPSA) is 91.4 Å². The molecule has 1 aromatic heterocycles. The van der Waals surface area contributed by atoms with Crippen LogP contribution in [-0.2, 0) is 22.4 Å². The molecule has 7 nitrogen and oxygen atoms in total. The fraction of sp³-hybridized carbons (Fsp3) is 0.391. The van der Waals surface area contributed by atoms with Crippen LogP contribution in [0.25, 0.3) is 0 Å². The number of Topliss-reactive ketones (excluding diaryl/α,β-unsaturated/α-hetero) is 1. The van der Waals surface area contributed by atoms with E-state index in [2.05, 4.69) is 21.7 Å². The number of carbonyl (C=O) groups excluding carboxylic acids is 3. The number of carbonyl (C=O) groups is 3. The molecule has 1 aliphatic carbocycles. The number of pyridine rings is 1. The summed E-state index contributed by atoms with van der Waals surface area (Å²) < 4.78 is 0. The van der Waals surface area contributed by atoms with Crippen LogP contribution in [0.15, 0.2) is 36.5 Å². The summed E-state index contributed by atoms with van der Waals surface area (Å²) >= 11 is 0. The second kappa shape index (κ2) is 9.07. The van der Waals surface area contributed by atoms with Crippen molar-refractivity contribution in [1.82, 2.24) is 10.3 Å². The number of rotatable bonds is 6. The summed E-state index contributed by atoms with van der Waals surface area (Å²) in [5.74, 6) is 0.457. The molecule has 1 aromatic carbocycles. The first-order chi connectivity index (χ1) is 14.6. The zero-order valence-corrected chi connectivity index (χ0v) is 16.9. The lowest BCUT2D eigenvalue weighted by atomic mass is 9.89. The summed E-state index contributed by atoms with van der Waals surface area (Å²) in [4.78, 5) is 42.5. The molecule has 7 heteroatoms. The third-order valence-electron chi connectivity index (χ3n) is 5.64. The molecule has 1 aliphatic heterocycles. The van der Waals surface area contributed by atoms with Gasteiger partial charge in [0.25, 0.3) is 0 Å². The minimum Gasteiger partial charge on any atom is -0.353 e. The van der Waals surface area contributed by atoms with Crippen LogP contribution >= 0.6 is 0 Å². The maximum atomic E-state index is 12.5. The van der Waals surface area contributed by atoms with Crippen LogP contribution < -0.4 is 15.5 Å². The van der Waals surface area contributed by atoms with Crippen LogP contribution in [-0.4, -0.2) is 42.2 Å². The number of amides is 2. The maximum Gasteiger partial charge on any atom is 0.239 e. The highest BCUT2D eigenvalue weighted by molar-refractivity contribution is 6.00. The van der Waals surface area contributed by atoms with Gasteiger partial charge in [0.15, 0.2) is 5.78 Å². The van der Waals surface area contributed by atoms with Gasteiger partial charge < -0.3 is 15.5 Å². The molecular formula is C23H26N4O3. The SMILES string of the molecule is O=C1CN(c2ccc(NC(=O)CCC(=O)c3ccc4c(c3)CCCC4)cn2)CCN1. The predicted molar refractivity (Wildman–Crippen MR) is 115 cm³/mol. The molecule has 2 N–H and O–H groups in total. The Bertz CT molecular complexity index is 955. The number of aromatic nitrogens is 1. The van der Waals surface area contributed by atoms with Crippen molar-refractivity contribution in [2.45, 2.75) is 38.5 Å². The van der Waals surface area contributed by atoms with Gasteiger partial charge in [0.1, 0.15) is 5.82 Å². The Hall–Kier alpha value is -3.22. The highest BCUT2D eigenvalue weighted by Crippen LogP contribution is 2.23. The molecule has 0 saturated carbocycles. The quantitative estimate of drug-likeness (QED) is 0.720. The van der Waals surface area contributed by atoms with Gasteiger partial charge in [0.05, 0.1) is 18.4 Å². The van der Waals surface area contributed by atoms with Crippen molar-refractivity contribution in [3.8, 4) is 0 Å². The molecule has 156 valence electrons. The van der Waals surface area contributed by atoms with Gasteiger partial charge in [-0.05, 0) is 55.0 Å². The number of aryl methyl sites for hydroxylation is 2. The number of nitrogens with zero attached hydrogens (tertiary/aromatic N) is 2. The van der Waals surface area contributed by atoms with Gasteiger partial charge >= 0.3 is 0 Å². The lowest BCUT2D eigenvalue weighted by molar-refractivity contribution is -0.120. The van der Waals surface area contributed by atoms with Crippen LogP contribution in [0.5, 0.6) is 0 Å². The van der Waals surface area contributed by atoms with Crippen LogP contribution in [0.2, 0.25) is 0 Å². The average Bonchev–Trinajstić information content (AvgIpc) is 2.77. The number of nitrogens with one attached hydrogen (secondary N) is 2. The Balaban J connectivity index is 1.28. The lowest BCUT2D eigenvalue weighted by Gasteiger charge is -2.27. The van der Waals surface area contributed by atoms with E-state index in [4.69, 9.17) is 0 Å². The molecule has 30 heavy (non-hydrogen) atoms. The van der Waals surface area contributed by atoms with E-state index in [1.165, 1.54) is 24.0 Å². The normalized spacial score (nSPS) is 15.9. The number of anilines is 2. The van der Waals surface area contributed by atoms with E-state index in [0.717, 1.165) is 12.8 Å². The summed E-state index contributed by atoms with van der Waals surface area (Å²) in [5.41, 5.74) is 3.89. The minimum atomic E-state index is -0.215. The molecule has 0 spiro atoms. The highest BCUT2D eigenvalue weighted by Gasteiger charge is 2.18. The minimum absolute atomic E-state index is 0.00429. The van der Waals surface area contributed by atoms with Gasteiger partial charge in [-0.2, -0.15) is 0 Å². The van der Waals surface area contributed by atoms with E-state index in [1.54, 1.807) is 18.3 Å². The molecule has 0 radical (unpaired) electrons. The van der Waals surface area contributed by atoms with Crippen molar-refractivity contribution < 1.29 is 14.4 Å². The van der Waals surface area contributed by atoms with Crippen molar-refractivity contribution in [3.63, 3.8) is 0 Å². The van der Waals surface area contributed by atoms with Crippen LogP contribution in [0.1, 0.15) is 47.2 Å². The number of ketones is 1. The fourth-order valence-electron chi connectivity index (χ4n) is 3.98. The summed E-state index contributed by atoms with van der Waals surface area (Å²) in [6.07, 6.45) is 6.38. The molecule has 1 fully saturated rings. The van der Waals surface area contributed by atoms with E-state index in [9.17, 15) is 14.4 Å².